The van der Waals surface area contributed by atoms with E-state index < -0.39 is 10.0 Å². The van der Waals surface area contributed by atoms with Gasteiger partial charge >= 0.3 is 0 Å². The zero-order valence-corrected chi connectivity index (χ0v) is 21.2. The van der Waals surface area contributed by atoms with E-state index in [1.165, 1.54) is 0 Å². The maximum absolute atomic E-state index is 13.3. The SMILES string of the molecule is Cc1ccc(S(=O)(=O)N2CCN(CC(=O)N3CCC[C@@H]3c3ccc4c(c3)OCCO4)CC2)c(C)c1. The lowest BCUT2D eigenvalue weighted by atomic mass is 10.0. The molecule has 3 heterocycles. The number of nitrogens with zero attached hydrogens (tertiary/aromatic N) is 3. The molecule has 2 aromatic rings. The van der Waals surface area contributed by atoms with Crippen molar-refractivity contribution in [1.29, 1.82) is 0 Å². The summed E-state index contributed by atoms with van der Waals surface area (Å²) in [5.74, 6) is 1.59. The first-order chi connectivity index (χ1) is 16.8. The summed E-state index contributed by atoms with van der Waals surface area (Å²) in [6.07, 6.45) is 1.89. The highest BCUT2D eigenvalue weighted by Crippen LogP contribution is 2.38. The second-order valence-electron chi connectivity index (χ2n) is 9.60. The van der Waals surface area contributed by atoms with Crippen LogP contribution in [0.5, 0.6) is 11.5 Å². The number of hydrogen-bond acceptors (Lipinski definition) is 6. The predicted molar refractivity (Wildman–Crippen MR) is 132 cm³/mol. The van der Waals surface area contributed by atoms with E-state index in [0.717, 1.165) is 47.6 Å². The minimum Gasteiger partial charge on any atom is -0.486 e. The van der Waals surface area contributed by atoms with Gasteiger partial charge in [-0.05, 0) is 56.0 Å². The van der Waals surface area contributed by atoms with Crippen molar-refractivity contribution in [3.63, 3.8) is 0 Å². The Hall–Kier alpha value is -2.62. The van der Waals surface area contributed by atoms with E-state index in [1.54, 1.807) is 10.4 Å². The van der Waals surface area contributed by atoms with Gasteiger partial charge in [-0.1, -0.05) is 23.8 Å². The van der Waals surface area contributed by atoms with Crippen molar-refractivity contribution < 1.29 is 22.7 Å². The summed E-state index contributed by atoms with van der Waals surface area (Å²) >= 11 is 0. The molecule has 0 N–H and O–H groups in total. The lowest BCUT2D eigenvalue weighted by Gasteiger charge is -2.35. The van der Waals surface area contributed by atoms with Crippen LogP contribution < -0.4 is 9.47 Å². The average Bonchev–Trinajstić information content (AvgIpc) is 3.34. The molecular weight excluding hydrogens is 466 g/mol. The number of benzene rings is 2. The molecule has 8 nitrogen and oxygen atoms in total. The summed E-state index contributed by atoms with van der Waals surface area (Å²) in [6, 6.07) is 11.4. The van der Waals surface area contributed by atoms with Crippen molar-refractivity contribution in [2.45, 2.75) is 37.6 Å². The Morgan fingerprint density at radius 2 is 1.69 bits per heavy atom. The highest BCUT2D eigenvalue weighted by atomic mass is 32.2. The van der Waals surface area contributed by atoms with Gasteiger partial charge in [0.2, 0.25) is 15.9 Å². The Labute approximate surface area is 207 Å². The summed E-state index contributed by atoms with van der Waals surface area (Å²) in [5.41, 5.74) is 2.88. The largest absolute Gasteiger partial charge is 0.486 e. The topological polar surface area (TPSA) is 79.4 Å². The van der Waals surface area contributed by atoms with E-state index >= 15 is 0 Å². The number of amides is 1. The summed E-state index contributed by atoms with van der Waals surface area (Å²) in [7, 11) is -3.54. The highest BCUT2D eigenvalue weighted by molar-refractivity contribution is 7.89. The number of piperazine rings is 1. The molecule has 2 aromatic carbocycles. The highest BCUT2D eigenvalue weighted by Gasteiger charge is 2.34. The molecule has 9 heteroatoms. The monoisotopic (exact) mass is 499 g/mol. The lowest BCUT2D eigenvalue weighted by molar-refractivity contribution is -0.133. The first-order valence-electron chi connectivity index (χ1n) is 12.3. The molecule has 0 unspecified atom stereocenters. The standard InChI is InChI=1S/C26H33N3O5S/c1-19-5-8-25(20(2)16-19)35(31,32)28-12-10-27(11-13-28)18-26(30)29-9-3-4-22(29)21-6-7-23-24(17-21)34-15-14-33-23/h5-8,16-17,22H,3-4,9-15,18H2,1-2H3/t22-/m1/s1. The third kappa shape index (κ3) is 4.90. The van der Waals surface area contributed by atoms with E-state index in [1.807, 2.05) is 49.1 Å². The summed E-state index contributed by atoms with van der Waals surface area (Å²) in [6.45, 7) is 7.77. The number of aryl methyl sites for hydroxylation is 2. The number of sulfonamides is 1. The molecule has 0 aromatic heterocycles. The van der Waals surface area contributed by atoms with Gasteiger partial charge < -0.3 is 14.4 Å². The molecule has 0 saturated carbocycles. The predicted octanol–water partition coefficient (Wildman–Crippen LogP) is 2.74. The van der Waals surface area contributed by atoms with Crippen LogP contribution in [0, 0.1) is 13.8 Å². The number of likely N-dealkylation sites (tertiary alicyclic amines) is 1. The summed E-state index contributed by atoms with van der Waals surface area (Å²) < 4.78 is 39.2. The van der Waals surface area contributed by atoms with Crippen LogP contribution in [0.25, 0.3) is 0 Å². The van der Waals surface area contributed by atoms with Gasteiger partial charge in [-0.25, -0.2) is 8.42 Å². The minimum absolute atomic E-state index is 0.0319. The fourth-order valence-electron chi connectivity index (χ4n) is 5.32. The van der Waals surface area contributed by atoms with E-state index in [2.05, 4.69) is 4.90 Å². The number of hydrogen-bond donors (Lipinski definition) is 0. The number of carbonyl (C=O) groups is 1. The van der Waals surface area contributed by atoms with Crippen molar-refractivity contribution in [1.82, 2.24) is 14.1 Å². The molecule has 5 rings (SSSR count). The third-order valence-corrected chi connectivity index (χ3v) is 9.22. The number of rotatable bonds is 5. The molecule has 0 spiro atoms. The molecule has 0 aliphatic carbocycles. The first kappa shape index (κ1) is 24.1. The Balaban J connectivity index is 1.20. The van der Waals surface area contributed by atoms with E-state index in [4.69, 9.17) is 9.47 Å². The van der Waals surface area contributed by atoms with Crippen molar-refractivity contribution in [2.24, 2.45) is 0 Å². The van der Waals surface area contributed by atoms with Crippen LogP contribution in [0.1, 0.15) is 35.6 Å². The first-order valence-corrected chi connectivity index (χ1v) is 13.8. The van der Waals surface area contributed by atoms with Crippen LogP contribution in [-0.2, 0) is 14.8 Å². The van der Waals surface area contributed by atoms with Crippen LogP contribution in [0.2, 0.25) is 0 Å². The van der Waals surface area contributed by atoms with E-state index in [9.17, 15) is 13.2 Å². The lowest BCUT2D eigenvalue weighted by Crippen LogP contribution is -2.51. The maximum Gasteiger partial charge on any atom is 0.243 e. The van der Waals surface area contributed by atoms with Gasteiger partial charge in [0.05, 0.1) is 17.5 Å². The minimum atomic E-state index is -3.54. The van der Waals surface area contributed by atoms with Gasteiger partial charge in [0.1, 0.15) is 13.2 Å². The smallest absolute Gasteiger partial charge is 0.243 e. The fourth-order valence-corrected chi connectivity index (χ4v) is 6.94. The molecular formula is C26H33N3O5S. The van der Waals surface area contributed by atoms with Crippen LogP contribution in [-0.4, -0.2) is 80.9 Å². The Bertz CT molecular complexity index is 1210. The van der Waals surface area contributed by atoms with Gasteiger partial charge in [0, 0.05) is 32.7 Å². The average molecular weight is 500 g/mol. The van der Waals surface area contributed by atoms with Crippen LogP contribution in [0.4, 0.5) is 0 Å². The van der Waals surface area contributed by atoms with Gasteiger partial charge in [0.25, 0.3) is 0 Å². The van der Waals surface area contributed by atoms with Crippen molar-refractivity contribution in [3.05, 3.63) is 53.1 Å². The van der Waals surface area contributed by atoms with Gasteiger partial charge in [-0.15, -0.1) is 0 Å². The summed E-state index contributed by atoms with van der Waals surface area (Å²) in [5, 5.41) is 0. The molecule has 2 saturated heterocycles. The molecule has 35 heavy (non-hydrogen) atoms. The number of ether oxygens (including phenoxy) is 2. The van der Waals surface area contributed by atoms with Gasteiger partial charge in [-0.2, -0.15) is 4.31 Å². The summed E-state index contributed by atoms with van der Waals surface area (Å²) in [4.78, 5) is 17.7. The van der Waals surface area contributed by atoms with Crippen molar-refractivity contribution in [3.8, 4) is 11.5 Å². The maximum atomic E-state index is 13.3. The molecule has 3 aliphatic rings. The molecule has 2 fully saturated rings. The fraction of sp³-hybridized carbons (Fsp3) is 0.500. The van der Waals surface area contributed by atoms with Crippen molar-refractivity contribution >= 4 is 15.9 Å². The van der Waals surface area contributed by atoms with E-state index in [0.29, 0.717) is 50.8 Å². The Morgan fingerprint density at radius 3 is 2.43 bits per heavy atom. The second-order valence-corrected chi connectivity index (χ2v) is 11.5. The van der Waals surface area contributed by atoms with Crippen LogP contribution >= 0.6 is 0 Å². The Kier molecular flexibility index (Phi) is 6.74. The zero-order valence-electron chi connectivity index (χ0n) is 20.4. The third-order valence-electron chi connectivity index (χ3n) is 7.16. The molecule has 0 radical (unpaired) electrons. The molecule has 1 atom stereocenters. The van der Waals surface area contributed by atoms with E-state index in [-0.39, 0.29) is 11.9 Å². The van der Waals surface area contributed by atoms with Gasteiger partial charge in [-0.3, -0.25) is 9.69 Å². The van der Waals surface area contributed by atoms with Crippen molar-refractivity contribution in [2.75, 3.05) is 52.5 Å². The zero-order chi connectivity index (χ0) is 24.6. The van der Waals surface area contributed by atoms with Crippen LogP contribution in [0.15, 0.2) is 41.3 Å². The quantitative estimate of drug-likeness (QED) is 0.630. The van der Waals surface area contributed by atoms with Gasteiger partial charge in [0.15, 0.2) is 11.5 Å². The normalized spacial score (nSPS) is 21.3. The second kappa shape index (κ2) is 9.79. The molecule has 1 amide bonds. The molecule has 188 valence electrons. The van der Waals surface area contributed by atoms with Crippen LogP contribution in [0.3, 0.4) is 0 Å². The Morgan fingerprint density at radius 1 is 0.943 bits per heavy atom. The molecule has 3 aliphatic heterocycles. The number of carbonyl (C=O) groups excluding carboxylic acids is 1. The number of fused-ring (bicyclic) bond motifs is 1. The molecule has 0 bridgehead atoms.